The van der Waals surface area contributed by atoms with Crippen molar-refractivity contribution in [3.8, 4) is 0 Å². The molecule has 0 aliphatic carbocycles. The number of aromatic amines is 1. The van der Waals surface area contributed by atoms with Crippen LogP contribution in [0.3, 0.4) is 0 Å². The maximum absolute atomic E-state index is 12.4. The highest BCUT2D eigenvalue weighted by atomic mass is 27.0. The molecule has 1 aromatic carbocycles. The van der Waals surface area contributed by atoms with Gasteiger partial charge >= 0.3 is 0 Å². The van der Waals surface area contributed by atoms with E-state index < -0.39 is 0 Å². The number of hydrogen-bond acceptors (Lipinski definition) is 3. The fourth-order valence-corrected chi connectivity index (χ4v) is 3.46. The monoisotopic (exact) mass is 338 g/mol. The van der Waals surface area contributed by atoms with Crippen LogP contribution in [0.2, 0.25) is 0 Å². The number of nitrogens with zero attached hydrogens (tertiary/aromatic N) is 1. The number of hydrogen-bond donors (Lipinski definition) is 3. The standard InChI is InChI=1S/C17H19N4O2.Al/c1-11(18)15-7-4-8-21(15)16(22)10-20-17(23)13-9-19-14-6-3-2-5-12(13)14;/h2,5-6,9,15,18-19H,4,7-8,10H2,1H3,(H,20,23);/t15-;/m0./s1. The number of benzene rings is 1. The van der Waals surface area contributed by atoms with E-state index in [2.05, 4.69) is 26.6 Å². The third kappa shape index (κ3) is 3.23. The number of carbonyl (C=O) groups is 2. The van der Waals surface area contributed by atoms with Gasteiger partial charge in [-0.2, -0.15) is 0 Å². The van der Waals surface area contributed by atoms with E-state index in [0.29, 0.717) is 17.8 Å². The zero-order valence-corrected chi connectivity index (χ0v) is 14.7. The highest BCUT2D eigenvalue weighted by molar-refractivity contribution is 6.33. The lowest BCUT2D eigenvalue weighted by Gasteiger charge is -2.24. The first-order valence-electron chi connectivity index (χ1n) is 7.96. The number of aromatic nitrogens is 1. The normalized spacial score (nSPS) is 17.2. The van der Waals surface area contributed by atoms with Gasteiger partial charge in [0.2, 0.25) is 5.91 Å². The summed E-state index contributed by atoms with van der Waals surface area (Å²) in [6.45, 7) is 2.33. The SMILES string of the molecule is CC(=N)[C@@H]1CCCN1C(=O)CNC(=O)c1c[nH]c2c[c]([Al])ccc12. The Morgan fingerprint density at radius 1 is 1.46 bits per heavy atom. The van der Waals surface area contributed by atoms with E-state index in [9.17, 15) is 9.59 Å². The molecule has 1 aromatic heterocycles. The molecule has 2 heterocycles. The summed E-state index contributed by atoms with van der Waals surface area (Å²) in [6.07, 6.45) is 3.39. The van der Waals surface area contributed by atoms with E-state index in [4.69, 9.17) is 5.41 Å². The average molecular weight is 338 g/mol. The fourth-order valence-electron chi connectivity index (χ4n) is 3.20. The molecule has 122 valence electrons. The van der Waals surface area contributed by atoms with Gasteiger partial charge in [-0.15, -0.1) is 4.43 Å². The van der Waals surface area contributed by atoms with Crippen molar-refractivity contribution in [3.05, 3.63) is 30.0 Å². The van der Waals surface area contributed by atoms with Crippen LogP contribution in [-0.4, -0.2) is 62.8 Å². The fraction of sp³-hybridized carbons (Fsp3) is 0.353. The lowest BCUT2D eigenvalue weighted by Crippen LogP contribution is -2.44. The topological polar surface area (TPSA) is 89.1 Å². The Kier molecular flexibility index (Phi) is 4.74. The van der Waals surface area contributed by atoms with Crippen molar-refractivity contribution in [3.63, 3.8) is 0 Å². The van der Waals surface area contributed by atoms with Crippen molar-refractivity contribution < 1.29 is 9.59 Å². The van der Waals surface area contributed by atoms with Gasteiger partial charge in [0.1, 0.15) is 0 Å². The van der Waals surface area contributed by atoms with Gasteiger partial charge in [0.25, 0.3) is 5.91 Å². The molecule has 0 unspecified atom stereocenters. The molecule has 7 heteroatoms. The Balaban J connectivity index is 1.66. The van der Waals surface area contributed by atoms with Crippen molar-refractivity contribution >= 4 is 49.1 Å². The predicted molar refractivity (Wildman–Crippen MR) is 94.2 cm³/mol. The number of rotatable bonds is 4. The first kappa shape index (κ1) is 16.7. The third-order valence-corrected chi connectivity index (χ3v) is 4.78. The average Bonchev–Trinajstić information content (AvgIpc) is 3.18. The first-order chi connectivity index (χ1) is 11.5. The van der Waals surface area contributed by atoms with Gasteiger partial charge in [-0.05, 0) is 19.8 Å². The number of fused-ring (bicyclic) bond motifs is 1. The Morgan fingerprint density at radius 2 is 2.25 bits per heavy atom. The van der Waals surface area contributed by atoms with E-state index >= 15 is 0 Å². The van der Waals surface area contributed by atoms with Gasteiger partial charge < -0.3 is 20.6 Å². The second-order valence-corrected chi connectivity index (χ2v) is 6.78. The molecule has 2 amide bonds. The quantitative estimate of drug-likeness (QED) is 0.566. The van der Waals surface area contributed by atoms with E-state index in [1.54, 1.807) is 18.0 Å². The van der Waals surface area contributed by atoms with Crippen molar-refractivity contribution in [1.29, 1.82) is 5.41 Å². The maximum Gasteiger partial charge on any atom is 0.253 e. The smallest absolute Gasteiger partial charge is 0.253 e. The summed E-state index contributed by atoms with van der Waals surface area (Å²) in [5.41, 5.74) is 1.92. The molecule has 3 rings (SSSR count). The highest BCUT2D eigenvalue weighted by Gasteiger charge is 2.30. The second-order valence-electron chi connectivity index (χ2n) is 6.12. The third-order valence-electron chi connectivity index (χ3n) is 4.42. The predicted octanol–water partition coefficient (Wildman–Crippen LogP) is 0.722. The summed E-state index contributed by atoms with van der Waals surface area (Å²) < 4.78 is 1.04. The summed E-state index contributed by atoms with van der Waals surface area (Å²) in [5.74, 6) is -0.405. The molecular weight excluding hydrogens is 319 g/mol. The summed E-state index contributed by atoms with van der Waals surface area (Å²) in [5, 5.41) is 11.3. The lowest BCUT2D eigenvalue weighted by molar-refractivity contribution is -0.129. The van der Waals surface area contributed by atoms with Crippen molar-refractivity contribution in [2.75, 3.05) is 13.1 Å². The van der Waals surface area contributed by atoms with Gasteiger partial charge in [0.05, 0.1) is 18.2 Å². The molecule has 1 aliphatic rings. The summed E-state index contributed by atoms with van der Waals surface area (Å²) in [4.78, 5) is 29.5. The van der Waals surface area contributed by atoms with Crippen LogP contribution >= 0.6 is 0 Å². The zero-order chi connectivity index (χ0) is 17.3. The van der Waals surface area contributed by atoms with Gasteiger partial charge in [0, 0.05) is 29.4 Å². The molecule has 2 aromatic rings. The zero-order valence-electron chi connectivity index (χ0n) is 13.6. The molecule has 0 saturated carbocycles. The minimum atomic E-state index is -0.270. The van der Waals surface area contributed by atoms with E-state index in [1.165, 1.54) is 0 Å². The Hall–Kier alpha value is -2.10. The maximum atomic E-state index is 12.4. The molecule has 0 bridgehead atoms. The van der Waals surface area contributed by atoms with Crippen LogP contribution in [0.15, 0.2) is 24.4 Å². The Labute approximate surface area is 148 Å². The minimum absolute atomic E-state index is 0.0446. The highest BCUT2D eigenvalue weighted by Crippen LogP contribution is 2.19. The second kappa shape index (κ2) is 6.80. The van der Waals surface area contributed by atoms with Crippen LogP contribution < -0.4 is 9.74 Å². The molecule has 1 saturated heterocycles. The largest absolute Gasteiger partial charge is 0.360 e. The number of nitrogens with one attached hydrogen (secondary N) is 3. The van der Waals surface area contributed by atoms with Gasteiger partial charge in [-0.1, -0.05) is 18.2 Å². The molecule has 0 spiro atoms. The van der Waals surface area contributed by atoms with Crippen LogP contribution in [0.25, 0.3) is 10.9 Å². The van der Waals surface area contributed by atoms with Crippen LogP contribution in [-0.2, 0) is 4.79 Å². The van der Waals surface area contributed by atoms with Gasteiger partial charge in [-0.25, -0.2) is 0 Å². The summed E-state index contributed by atoms with van der Waals surface area (Å²) >= 11 is 2.62. The number of likely N-dealkylation sites (tertiary alicyclic amines) is 1. The molecule has 3 N–H and O–H groups in total. The number of carbonyl (C=O) groups excluding carboxylic acids is 2. The van der Waals surface area contributed by atoms with Gasteiger partial charge in [0.15, 0.2) is 16.3 Å². The molecule has 24 heavy (non-hydrogen) atoms. The summed E-state index contributed by atoms with van der Waals surface area (Å²) in [6, 6.07) is 5.64. The molecule has 1 aliphatic heterocycles. The van der Waals surface area contributed by atoms with Crippen LogP contribution in [0.4, 0.5) is 0 Å². The lowest BCUT2D eigenvalue weighted by atomic mass is 10.1. The van der Waals surface area contributed by atoms with Crippen molar-refractivity contribution in [2.45, 2.75) is 25.8 Å². The molecule has 6 nitrogen and oxygen atoms in total. The number of amides is 2. The molecule has 1 atom stereocenters. The van der Waals surface area contributed by atoms with Crippen molar-refractivity contribution in [1.82, 2.24) is 15.2 Å². The van der Waals surface area contributed by atoms with Crippen LogP contribution in [0, 0.1) is 5.41 Å². The van der Waals surface area contributed by atoms with Gasteiger partial charge in [-0.3, -0.25) is 9.59 Å². The van der Waals surface area contributed by atoms with E-state index in [0.717, 1.165) is 28.2 Å². The first-order valence-corrected chi connectivity index (χ1v) is 8.54. The molecule has 2 radical (unpaired) electrons. The van der Waals surface area contributed by atoms with Crippen LogP contribution in [0.5, 0.6) is 0 Å². The molecular formula is C17H19AlN4O2. The van der Waals surface area contributed by atoms with Crippen LogP contribution in [0.1, 0.15) is 30.1 Å². The summed E-state index contributed by atoms with van der Waals surface area (Å²) in [7, 11) is 0. The van der Waals surface area contributed by atoms with E-state index in [1.807, 2.05) is 18.2 Å². The Morgan fingerprint density at radius 3 is 3.00 bits per heavy atom. The minimum Gasteiger partial charge on any atom is -0.360 e. The van der Waals surface area contributed by atoms with Crippen molar-refractivity contribution in [2.24, 2.45) is 0 Å². The number of H-pyrrole nitrogens is 1. The van der Waals surface area contributed by atoms with E-state index in [-0.39, 0.29) is 24.4 Å². The Bertz CT molecular complexity index is 814. The molecule has 1 fully saturated rings.